The molecule has 2 atom stereocenters. The third kappa shape index (κ3) is 6.92. The molecule has 0 saturated heterocycles. The van der Waals surface area contributed by atoms with Crippen LogP contribution in [0.4, 0.5) is 4.39 Å². The SMILES string of the molecule is CC(C)OCC(O)CN(Cc1ccc(F)cc1)CC1CC(c2ccccc2)=NO1. The van der Waals surface area contributed by atoms with Crippen molar-refractivity contribution >= 4 is 5.71 Å². The first kappa shape index (κ1) is 21.4. The fourth-order valence-corrected chi connectivity index (χ4v) is 3.32. The van der Waals surface area contributed by atoms with Crippen LogP contribution in [-0.2, 0) is 16.1 Å². The van der Waals surface area contributed by atoms with E-state index >= 15 is 0 Å². The molecule has 2 aromatic rings. The molecule has 0 spiro atoms. The van der Waals surface area contributed by atoms with Crippen molar-refractivity contribution in [2.45, 2.75) is 45.1 Å². The summed E-state index contributed by atoms with van der Waals surface area (Å²) in [7, 11) is 0. The van der Waals surface area contributed by atoms with Crippen molar-refractivity contribution in [1.82, 2.24) is 4.90 Å². The van der Waals surface area contributed by atoms with E-state index in [1.165, 1.54) is 12.1 Å². The minimum Gasteiger partial charge on any atom is -0.390 e. The maximum Gasteiger partial charge on any atom is 0.145 e. The topological polar surface area (TPSA) is 54.3 Å². The van der Waals surface area contributed by atoms with Gasteiger partial charge in [-0.05, 0) is 37.1 Å². The van der Waals surface area contributed by atoms with Gasteiger partial charge < -0.3 is 14.7 Å². The molecule has 2 aromatic carbocycles. The van der Waals surface area contributed by atoms with Crippen molar-refractivity contribution in [3.63, 3.8) is 0 Å². The molecular weight excluding hydrogens is 371 g/mol. The summed E-state index contributed by atoms with van der Waals surface area (Å²) >= 11 is 0. The molecule has 3 rings (SSSR count). The summed E-state index contributed by atoms with van der Waals surface area (Å²) in [6.07, 6.45) is 0.0653. The van der Waals surface area contributed by atoms with Crippen LogP contribution in [0.25, 0.3) is 0 Å². The molecule has 0 radical (unpaired) electrons. The van der Waals surface area contributed by atoms with Crippen molar-refractivity contribution in [3.8, 4) is 0 Å². The highest BCUT2D eigenvalue weighted by Gasteiger charge is 2.25. The molecule has 2 unspecified atom stereocenters. The fourth-order valence-electron chi connectivity index (χ4n) is 3.32. The molecule has 0 aliphatic carbocycles. The van der Waals surface area contributed by atoms with E-state index in [0.717, 1.165) is 16.8 Å². The highest BCUT2D eigenvalue weighted by atomic mass is 19.1. The number of halogens is 1. The second-order valence-corrected chi connectivity index (χ2v) is 7.69. The molecule has 6 heteroatoms. The lowest BCUT2D eigenvalue weighted by Gasteiger charge is -2.27. The van der Waals surface area contributed by atoms with Gasteiger partial charge in [0.25, 0.3) is 0 Å². The Kier molecular flexibility index (Phi) is 7.75. The molecule has 156 valence electrons. The van der Waals surface area contributed by atoms with E-state index in [9.17, 15) is 9.50 Å². The van der Waals surface area contributed by atoms with Gasteiger partial charge in [-0.15, -0.1) is 0 Å². The number of aliphatic hydroxyl groups excluding tert-OH is 1. The summed E-state index contributed by atoms with van der Waals surface area (Å²) < 4.78 is 18.8. The Balaban J connectivity index is 1.60. The summed E-state index contributed by atoms with van der Waals surface area (Å²) in [6.45, 7) is 5.78. The third-order valence-corrected chi connectivity index (χ3v) is 4.71. The van der Waals surface area contributed by atoms with Gasteiger partial charge in [-0.2, -0.15) is 0 Å². The van der Waals surface area contributed by atoms with Gasteiger partial charge in [0.05, 0.1) is 24.5 Å². The minimum absolute atomic E-state index is 0.0650. The number of aliphatic hydroxyl groups is 1. The highest BCUT2D eigenvalue weighted by molar-refractivity contribution is 6.01. The van der Waals surface area contributed by atoms with Crippen LogP contribution in [0.15, 0.2) is 59.8 Å². The smallest absolute Gasteiger partial charge is 0.145 e. The number of oxime groups is 1. The second-order valence-electron chi connectivity index (χ2n) is 7.69. The van der Waals surface area contributed by atoms with E-state index in [1.54, 1.807) is 12.1 Å². The average molecular weight is 400 g/mol. The Morgan fingerprint density at radius 1 is 1.17 bits per heavy atom. The maximum atomic E-state index is 13.2. The predicted molar refractivity (Wildman–Crippen MR) is 111 cm³/mol. The first-order valence-electron chi connectivity index (χ1n) is 10.0. The van der Waals surface area contributed by atoms with E-state index in [-0.39, 0.29) is 24.6 Å². The zero-order valence-electron chi connectivity index (χ0n) is 17.0. The Morgan fingerprint density at radius 3 is 2.59 bits per heavy atom. The zero-order valence-corrected chi connectivity index (χ0v) is 17.0. The molecule has 5 nitrogen and oxygen atoms in total. The predicted octanol–water partition coefficient (Wildman–Crippen LogP) is 3.61. The van der Waals surface area contributed by atoms with Gasteiger partial charge in [-0.1, -0.05) is 47.6 Å². The molecule has 29 heavy (non-hydrogen) atoms. The van der Waals surface area contributed by atoms with E-state index in [0.29, 0.717) is 26.1 Å². The second kappa shape index (κ2) is 10.5. The lowest BCUT2D eigenvalue weighted by molar-refractivity contribution is -0.0194. The minimum atomic E-state index is -0.617. The van der Waals surface area contributed by atoms with Gasteiger partial charge in [0.15, 0.2) is 0 Å². The summed E-state index contributed by atoms with van der Waals surface area (Å²) in [6, 6.07) is 16.4. The molecule has 0 fully saturated rings. The van der Waals surface area contributed by atoms with E-state index < -0.39 is 6.10 Å². The summed E-state index contributed by atoms with van der Waals surface area (Å²) in [5.74, 6) is -0.259. The van der Waals surface area contributed by atoms with Crippen LogP contribution in [0.5, 0.6) is 0 Å². The van der Waals surface area contributed by atoms with Crippen molar-refractivity contribution in [2.24, 2.45) is 5.16 Å². The van der Waals surface area contributed by atoms with Gasteiger partial charge in [-0.25, -0.2) is 4.39 Å². The molecule has 1 aliphatic rings. The maximum absolute atomic E-state index is 13.2. The van der Waals surface area contributed by atoms with Crippen molar-refractivity contribution < 1.29 is 19.1 Å². The van der Waals surface area contributed by atoms with Gasteiger partial charge >= 0.3 is 0 Å². The zero-order chi connectivity index (χ0) is 20.6. The summed E-state index contributed by atoms with van der Waals surface area (Å²) in [5, 5.41) is 14.6. The van der Waals surface area contributed by atoms with Crippen LogP contribution in [-0.4, -0.2) is 53.7 Å². The highest BCUT2D eigenvalue weighted by Crippen LogP contribution is 2.19. The summed E-state index contributed by atoms with van der Waals surface area (Å²) in [4.78, 5) is 7.77. The number of hydrogen-bond acceptors (Lipinski definition) is 5. The van der Waals surface area contributed by atoms with E-state index in [4.69, 9.17) is 9.57 Å². The van der Waals surface area contributed by atoms with Crippen molar-refractivity contribution in [2.75, 3.05) is 19.7 Å². The normalized spacial score (nSPS) is 17.4. The molecule has 1 aliphatic heterocycles. The number of nitrogens with zero attached hydrogens (tertiary/aromatic N) is 2. The lowest BCUT2D eigenvalue weighted by atomic mass is 10.0. The van der Waals surface area contributed by atoms with Crippen LogP contribution < -0.4 is 0 Å². The first-order valence-corrected chi connectivity index (χ1v) is 10.0. The number of benzene rings is 2. The molecular formula is C23H29FN2O3. The van der Waals surface area contributed by atoms with Crippen LogP contribution >= 0.6 is 0 Å². The first-order chi connectivity index (χ1) is 14.0. The molecule has 0 bridgehead atoms. The van der Waals surface area contributed by atoms with E-state index in [1.807, 2.05) is 44.2 Å². The summed E-state index contributed by atoms with van der Waals surface area (Å²) in [5.41, 5.74) is 2.97. The Bertz CT molecular complexity index is 780. The fraction of sp³-hybridized carbons (Fsp3) is 0.435. The van der Waals surface area contributed by atoms with E-state index in [2.05, 4.69) is 10.1 Å². The lowest BCUT2D eigenvalue weighted by Crippen LogP contribution is -2.39. The molecule has 0 aromatic heterocycles. The van der Waals surface area contributed by atoms with Crippen LogP contribution in [0.1, 0.15) is 31.4 Å². The standard InChI is InChI=1S/C23H29FN2O3/c1-17(2)28-16-21(27)14-26(13-18-8-10-20(24)11-9-18)15-22-12-23(25-29-22)19-6-4-3-5-7-19/h3-11,17,21-22,27H,12-16H2,1-2H3. The quantitative estimate of drug-likeness (QED) is 0.662. The number of ether oxygens (including phenoxy) is 1. The van der Waals surface area contributed by atoms with Gasteiger partial charge in [0.1, 0.15) is 11.9 Å². The van der Waals surface area contributed by atoms with Crippen LogP contribution in [0.2, 0.25) is 0 Å². The Morgan fingerprint density at radius 2 is 1.90 bits per heavy atom. The molecule has 0 saturated carbocycles. The average Bonchev–Trinajstić information content (AvgIpc) is 3.17. The number of rotatable bonds is 10. The molecule has 0 amide bonds. The van der Waals surface area contributed by atoms with Crippen molar-refractivity contribution in [3.05, 3.63) is 71.5 Å². The van der Waals surface area contributed by atoms with Gasteiger partial charge in [0, 0.05) is 26.1 Å². The van der Waals surface area contributed by atoms with Crippen LogP contribution in [0.3, 0.4) is 0 Å². The monoisotopic (exact) mass is 400 g/mol. The van der Waals surface area contributed by atoms with Gasteiger partial charge in [0.2, 0.25) is 0 Å². The van der Waals surface area contributed by atoms with Crippen molar-refractivity contribution in [1.29, 1.82) is 0 Å². The van der Waals surface area contributed by atoms with Crippen LogP contribution in [0, 0.1) is 5.82 Å². The largest absolute Gasteiger partial charge is 0.390 e. The number of hydrogen-bond donors (Lipinski definition) is 1. The third-order valence-electron chi connectivity index (χ3n) is 4.71. The Hall–Kier alpha value is -2.28. The van der Waals surface area contributed by atoms with Gasteiger partial charge in [-0.3, -0.25) is 4.90 Å². The molecule has 1 heterocycles. The molecule has 1 N–H and O–H groups in total. The Labute approximate surface area is 171 Å².